The molecule has 0 rings (SSSR count). The van der Waals surface area contributed by atoms with Crippen LogP contribution in [0.15, 0.2) is 35.7 Å². The molecule has 5 nitrogen and oxygen atoms in total. The van der Waals surface area contributed by atoms with Crippen molar-refractivity contribution in [2.75, 3.05) is 0 Å². The lowest BCUT2D eigenvalue weighted by atomic mass is 9.94. The maximum Gasteiger partial charge on any atom is 0.270 e. The van der Waals surface area contributed by atoms with Crippen molar-refractivity contribution in [3.8, 4) is 0 Å². The van der Waals surface area contributed by atoms with Crippen LogP contribution in [0.5, 0.6) is 0 Å². The molecule has 3 N–H and O–H groups in total. The van der Waals surface area contributed by atoms with Crippen LogP contribution in [0.2, 0.25) is 0 Å². The van der Waals surface area contributed by atoms with Crippen molar-refractivity contribution in [3.63, 3.8) is 0 Å². The highest BCUT2D eigenvalue weighted by molar-refractivity contribution is 7.81. The molecule has 0 saturated carbocycles. The summed E-state index contributed by atoms with van der Waals surface area (Å²) in [6.07, 6.45) is 2.72. The zero-order valence-corrected chi connectivity index (χ0v) is 15.6. The van der Waals surface area contributed by atoms with Gasteiger partial charge in [0.2, 0.25) is 0 Å². The predicted molar refractivity (Wildman–Crippen MR) is 96.4 cm³/mol. The lowest BCUT2D eigenvalue weighted by molar-refractivity contribution is -0.420. The van der Waals surface area contributed by atoms with Crippen molar-refractivity contribution in [1.82, 2.24) is 0 Å². The van der Waals surface area contributed by atoms with Crippen molar-refractivity contribution in [2.24, 2.45) is 11.7 Å². The van der Waals surface area contributed by atoms with Crippen LogP contribution in [0.3, 0.4) is 0 Å². The molecule has 0 heterocycles. The van der Waals surface area contributed by atoms with Gasteiger partial charge in [-0.05, 0) is 46.6 Å². The SMILES string of the molecule is C=C/C(N)=C\C(=C(\C)C(C)C)[N+](=O)[O-].CC(C)(O)C(C)(C)S. The number of allylic oxidation sites excluding steroid dienone is 3. The van der Waals surface area contributed by atoms with Crippen LogP contribution in [0, 0.1) is 16.0 Å². The van der Waals surface area contributed by atoms with Gasteiger partial charge in [0.1, 0.15) is 0 Å². The fourth-order valence-corrected chi connectivity index (χ4v) is 0.823. The molecule has 0 aromatic carbocycles. The van der Waals surface area contributed by atoms with E-state index in [1.807, 2.05) is 27.7 Å². The average Bonchev–Trinajstić information content (AvgIpc) is 2.32. The highest BCUT2D eigenvalue weighted by atomic mass is 32.1. The van der Waals surface area contributed by atoms with Crippen LogP contribution < -0.4 is 5.73 Å². The van der Waals surface area contributed by atoms with Gasteiger partial charge in [-0.25, -0.2) is 0 Å². The molecule has 0 aliphatic carbocycles. The quantitative estimate of drug-likeness (QED) is 0.310. The standard InChI is InChI=1S/C10H16N2O2.C6H14OS/c1-5-9(11)6-10(12(13)14)8(4)7(2)3;1-5(2,7)6(3,4)8/h5-7H,1,11H2,2-4H3;7-8H,1-4H3/b9-6+,10-8+;. The third-order valence-corrected chi connectivity index (χ3v) is 4.05. The van der Waals surface area contributed by atoms with E-state index in [1.54, 1.807) is 20.8 Å². The Hall–Kier alpha value is -1.27. The van der Waals surface area contributed by atoms with E-state index < -0.39 is 10.5 Å². The number of rotatable bonds is 5. The Labute approximate surface area is 139 Å². The molecule has 0 radical (unpaired) electrons. The summed E-state index contributed by atoms with van der Waals surface area (Å²) in [6.45, 7) is 16.2. The monoisotopic (exact) mass is 330 g/mol. The van der Waals surface area contributed by atoms with Crippen molar-refractivity contribution in [2.45, 2.75) is 58.8 Å². The van der Waals surface area contributed by atoms with E-state index in [1.165, 1.54) is 12.2 Å². The summed E-state index contributed by atoms with van der Waals surface area (Å²) < 4.78 is -0.312. The van der Waals surface area contributed by atoms with Gasteiger partial charge in [-0.3, -0.25) is 10.1 Å². The Balaban J connectivity index is 0. The topological polar surface area (TPSA) is 89.4 Å². The molecular weight excluding hydrogens is 300 g/mol. The number of thiol groups is 1. The number of hydrogen-bond donors (Lipinski definition) is 3. The fraction of sp³-hybridized carbons (Fsp3) is 0.625. The molecule has 0 atom stereocenters. The molecule has 128 valence electrons. The zero-order valence-electron chi connectivity index (χ0n) is 14.7. The molecule has 22 heavy (non-hydrogen) atoms. The molecule has 0 bridgehead atoms. The second kappa shape index (κ2) is 9.00. The first-order valence-electron chi connectivity index (χ1n) is 7.04. The number of nitrogens with two attached hydrogens (primary N) is 1. The molecule has 0 aliphatic rings. The maximum atomic E-state index is 10.7. The molecular formula is C16H30N2O3S. The molecule has 0 saturated heterocycles. The van der Waals surface area contributed by atoms with E-state index in [0.29, 0.717) is 11.3 Å². The molecule has 6 heteroatoms. The number of hydrogen-bond acceptors (Lipinski definition) is 5. The van der Waals surface area contributed by atoms with E-state index in [9.17, 15) is 15.2 Å². The summed E-state index contributed by atoms with van der Waals surface area (Å²) in [4.78, 5) is 10.3. The van der Waals surface area contributed by atoms with E-state index in [0.717, 1.165) is 0 Å². The Morgan fingerprint density at radius 1 is 1.36 bits per heavy atom. The lowest BCUT2D eigenvalue weighted by Gasteiger charge is -2.32. The zero-order chi connectivity index (χ0) is 18.3. The lowest BCUT2D eigenvalue weighted by Crippen LogP contribution is -2.40. The van der Waals surface area contributed by atoms with Crippen molar-refractivity contribution < 1.29 is 10.0 Å². The van der Waals surface area contributed by atoms with Gasteiger partial charge in [0.25, 0.3) is 5.70 Å². The van der Waals surface area contributed by atoms with E-state index in [-0.39, 0.29) is 16.4 Å². The van der Waals surface area contributed by atoms with Gasteiger partial charge in [-0.1, -0.05) is 20.4 Å². The minimum absolute atomic E-state index is 0.0531. The Bertz CT molecular complexity index is 441. The van der Waals surface area contributed by atoms with Gasteiger partial charge >= 0.3 is 0 Å². The van der Waals surface area contributed by atoms with Gasteiger partial charge in [0.05, 0.1) is 10.5 Å². The number of aliphatic hydroxyl groups is 1. The summed E-state index contributed by atoms with van der Waals surface area (Å²) in [7, 11) is 0. The van der Waals surface area contributed by atoms with Crippen molar-refractivity contribution >= 4 is 12.6 Å². The fourth-order valence-electron chi connectivity index (χ4n) is 0.823. The van der Waals surface area contributed by atoms with E-state index in [4.69, 9.17) is 5.73 Å². The molecule has 0 fully saturated rings. The maximum absolute atomic E-state index is 10.7. The van der Waals surface area contributed by atoms with E-state index in [2.05, 4.69) is 19.2 Å². The largest absolute Gasteiger partial charge is 0.399 e. The molecule has 0 aromatic heterocycles. The molecule has 0 spiro atoms. The molecule has 0 aliphatic heterocycles. The molecule has 0 unspecified atom stereocenters. The Morgan fingerprint density at radius 2 is 1.73 bits per heavy atom. The summed E-state index contributed by atoms with van der Waals surface area (Å²) in [6, 6.07) is 0. The Morgan fingerprint density at radius 3 is 1.91 bits per heavy atom. The highest BCUT2D eigenvalue weighted by Crippen LogP contribution is 2.26. The summed E-state index contributed by atoms with van der Waals surface area (Å²) in [5.74, 6) is 0.129. The summed E-state index contributed by atoms with van der Waals surface area (Å²) in [5.41, 5.74) is 5.82. The van der Waals surface area contributed by atoms with Gasteiger partial charge in [-0.2, -0.15) is 12.6 Å². The second-order valence-corrected chi connectivity index (χ2v) is 7.56. The molecule has 0 aromatic rings. The van der Waals surface area contributed by atoms with Gasteiger partial charge in [0, 0.05) is 22.1 Å². The third-order valence-electron chi connectivity index (χ3n) is 3.50. The minimum Gasteiger partial charge on any atom is -0.399 e. The van der Waals surface area contributed by atoms with Crippen LogP contribution >= 0.6 is 12.6 Å². The smallest absolute Gasteiger partial charge is 0.270 e. The number of nitro groups is 1. The first-order chi connectivity index (χ1) is 9.65. The average molecular weight is 330 g/mol. The first kappa shape index (κ1) is 23.0. The summed E-state index contributed by atoms with van der Waals surface area (Å²) >= 11 is 4.19. The Kier molecular flexibility index (Phi) is 9.41. The minimum atomic E-state index is -0.698. The number of nitrogens with zero attached hydrogens (tertiary/aromatic N) is 1. The first-order valence-corrected chi connectivity index (χ1v) is 7.49. The van der Waals surface area contributed by atoms with Gasteiger partial charge in [0.15, 0.2) is 0 Å². The van der Waals surface area contributed by atoms with Crippen LogP contribution in [0.1, 0.15) is 48.5 Å². The van der Waals surface area contributed by atoms with Gasteiger partial charge < -0.3 is 10.8 Å². The van der Waals surface area contributed by atoms with Crippen molar-refractivity contribution in [3.05, 3.63) is 45.8 Å². The predicted octanol–water partition coefficient (Wildman–Crippen LogP) is 3.69. The van der Waals surface area contributed by atoms with Crippen LogP contribution in [0.4, 0.5) is 0 Å². The van der Waals surface area contributed by atoms with Crippen LogP contribution in [0.25, 0.3) is 0 Å². The van der Waals surface area contributed by atoms with Crippen LogP contribution in [-0.2, 0) is 0 Å². The van der Waals surface area contributed by atoms with Crippen molar-refractivity contribution in [1.29, 1.82) is 0 Å². The third kappa shape index (κ3) is 8.89. The molecule has 0 amide bonds. The summed E-state index contributed by atoms with van der Waals surface area (Å²) in [5, 5.41) is 20.0. The normalized spacial score (nSPS) is 14.0. The second-order valence-electron chi connectivity index (χ2n) is 6.45. The van der Waals surface area contributed by atoms with Gasteiger partial charge in [-0.15, -0.1) is 0 Å². The highest BCUT2D eigenvalue weighted by Gasteiger charge is 2.30. The van der Waals surface area contributed by atoms with Crippen LogP contribution in [-0.4, -0.2) is 20.4 Å². The van der Waals surface area contributed by atoms with E-state index >= 15 is 0 Å².